The van der Waals surface area contributed by atoms with Crippen molar-refractivity contribution in [2.45, 2.75) is 0 Å². The third-order valence-corrected chi connectivity index (χ3v) is 3.67. The molecular formula is C17H13ClN4O4. The van der Waals surface area contributed by atoms with E-state index in [2.05, 4.69) is 21.0 Å². The Kier molecular flexibility index (Phi) is 5.14. The first-order chi connectivity index (χ1) is 12.5. The number of para-hydroxylation sites is 1. The fourth-order valence-electron chi connectivity index (χ4n) is 2.15. The lowest BCUT2D eigenvalue weighted by atomic mass is 10.2. The lowest BCUT2D eigenvalue weighted by molar-refractivity contribution is -0.125. The summed E-state index contributed by atoms with van der Waals surface area (Å²) >= 11 is 5.74. The molecule has 9 heteroatoms. The number of hydrogen-bond acceptors (Lipinski definition) is 5. The predicted octanol–water partition coefficient (Wildman–Crippen LogP) is 1.83. The highest BCUT2D eigenvalue weighted by Gasteiger charge is 2.17. The fraction of sp³-hybridized carbons (Fsp3) is 0.0588. The number of hydrogen-bond donors (Lipinski definition) is 3. The fourth-order valence-corrected chi connectivity index (χ4v) is 2.28. The molecule has 0 aliphatic heterocycles. The molecule has 0 bridgehead atoms. The average molecular weight is 373 g/mol. The smallest absolute Gasteiger partial charge is 0.359 e. The highest BCUT2D eigenvalue weighted by molar-refractivity contribution is 6.30. The van der Waals surface area contributed by atoms with Crippen molar-refractivity contribution >= 4 is 40.3 Å². The van der Waals surface area contributed by atoms with Gasteiger partial charge in [-0.1, -0.05) is 29.8 Å². The van der Waals surface area contributed by atoms with Crippen LogP contribution in [0, 0.1) is 0 Å². The molecule has 2 amide bonds. The van der Waals surface area contributed by atoms with Crippen LogP contribution in [0.4, 0.5) is 0 Å². The topological polar surface area (TPSA) is 113 Å². The number of halogens is 1. The Morgan fingerprint density at radius 3 is 2.54 bits per heavy atom. The molecule has 0 fully saturated rings. The van der Waals surface area contributed by atoms with Gasteiger partial charge in [0.2, 0.25) is 0 Å². The highest BCUT2D eigenvalue weighted by Crippen LogP contribution is 2.15. The predicted molar refractivity (Wildman–Crippen MR) is 93.4 cm³/mol. The molecule has 0 radical (unpaired) electrons. The van der Waals surface area contributed by atoms with Crippen LogP contribution in [0.15, 0.2) is 48.5 Å². The standard InChI is InChI=1S/C17H13ClN4O4/c18-11-7-5-10(6-8-11)16(24)22-20-14(23)9-26-17(25)15-12-3-1-2-4-13(12)19-21-15/h1-8H,9H2,(H,19,21)(H,20,23)(H,22,24). The summed E-state index contributed by atoms with van der Waals surface area (Å²) < 4.78 is 4.91. The molecule has 0 aliphatic rings. The number of amides is 2. The van der Waals surface area contributed by atoms with Crippen molar-refractivity contribution < 1.29 is 19.1 Å². The summed E-state index contributed by atoms with van der Waals surface area (Å²) in [6.07, 6.45) is 0. The highest BCUT2D eigenvalue weighted by atomic mass is 35.5. The van der Waals surface area contributed by atoms with Crippen molar-refractivity contribution in [1.82, 2.24) is 21.0 Å². The maximum absolute atomic E-state index is 12.0. The molecular weight excluding hydrogens is 360 g/mol. The van der Waals surface area contributed by atoms with E-state index in [0.717, 1.165) is 0 Å². The van der Waals surface area contributed by atoms with Crippen molar-refractivity contribution in [2.75, 3.05) is 6.61 Å². The Bertz CT molecular complexity index is 968. The number of aromatic amines is 1. The SMILES string of the molecule is O=C(COC(=O)c1n[nH]c2ccccc12)NNC(=O)c1ccc(Cl)cc1. The number of ether oxygens (including phenoxy) is 1. The largest absolute Gasteiger partial charge is 0.451 e. The second-order valence-corrected chi connectivity index (χ2v) is 5.64. The second-order valence-electron chi connectivity index (χ2n) is 5.20. The van der Waals surface area contributed by atoms with Crippen LogP contribution in [0.5, 0.6) is 0 Å². The van der Waals surface area contributed by atoms with E-state index in [1.807, 2.05) is 0 Å². The van der Waals surface area contributed by atoms with Gasteiger partial charge < -0.3 is 4.74 Å². The normalized spacial score (nSPS) is 10.3. The van der Waals surface area contributed by atoms with E-state index in [4.69, 9.17) is 16.3 Å². The van der Waals surface area contributed by atoms with Crippen LogP contribution in [0.3, 0.4) is 0 Å². The van der Waals surface area contributed by atoms with Crippen molar-refractivity contribution in [1.29, 1.82) is 0 Å². The number of fused-ring (bicyclic) bond motifs is 1. The average Bonchev–Trinajstić information content (AvgIpc) is 3.09. The van der Waals surface area contributed by atoms with Gasteiger partial charge in [0.1, 0.15) is 0 Å². The number of benzene rings is 2. The maximum atomic E-state index is 12.0. The number of nitrogens with zero attached hydrogens (tertiary/aromatic N) is 1. The second kappa shape index (κ2) is 7.66. The first kappa shape index (κ1) is 17.4. The Labute approximate surface area is 152 Å². The van der Waals surface area contributed by atoms with Crippen LogP contribution < -0.4 is 10.9 Å². The number of aromatic nitrogens is 2. The molecule has 0 saturated heterocycles. The number of hydrazine groups is 1. The minimum atomic E-state index is -0.748. The molecule has 1 heterocycles. The van der Waals surface area contributed by atoms with Gasteiger partial charge in [0.05, 0.1) is 5.52 Å². The molecule has 26 heavy (non-hydrogen) atoms. The zero-order valence-electron chi connectivity index (χ0n) is 13.3. The van der Waals surface area contributed by atoms with Gasteiger partial charge in [-0.15, -0.1) is 0 Å². The first-order valence-corrected chi connectivity index (χ1v) is 7.87. The van der Waals surface area contributed by atoms with Crippen molar-refractivity contribution in [2.24, 2.45) is 0 Å². The quantitative estimate of drug-likeness (QED) is 0.477. The van der Waals surface area contributed by atoms with E-state index in [1.165, 1.54) is 12.1 Å². The first-order valence-electron chi connectivity index (χ1n) is 7.49. The third-order valence-electron chi connectivity index (χ3n) is 3.42. The molecule has 3 aromatic rings. The van der Waals surface area contributed by atoms with Crippen LogP contribution in [-0.4, -0.2) is 34.6 Å². The minimum absolute atomic E-state index is 0.0820. The Morgan fingerprint density at radius 2 is 1.77 bits per heavy atom. The summed E-state index contributed by atoms with van der Waals surface area (Å²) in [4.78, 5) is 35.6. The van der Waals surface area contributed by atoms with Crippen molar-refractivity contribution in [3.05, 3.63) is 64.8 Å². The maximum Gasteiger partial charge on any atom is 0.359 e. The summed E-state index contributed by atoms with van der Waals surface area (Å²) in [5.41, 5.74) is 5.44. The molecule has 3 rings (SSSR count). The monoisotopic (exact) mass is 372 g/mol. The number of rotatable bonds is 4. The summed E-state index contributed by atoms with van der Waals surface area (Å²) in [5, 5.41) is 7.66. The van der Waals surface area contributed by atoms with Crippen LogP contribution in [0.25, 0.3) is 10.9 Å². The molecule has 0 atom stereocenters. The van der Waals surface area contributed by atoms with E-state index in [1.54, 1.807) is 36.4 Å². The van der Waals surface area contributed by atoms with E-state index >= 15 is 0 Å². The summed E-state index contributed by atoms with van der Waals surface area (Å²) in [6.45, 7) is -0.569. The molecule has 3 N–H and O–H groups in total. The zero-order chi connectivity index (χ0) is 18.5. The number of carbonyl (C=O) groups is 3. The molecule has 2 aromatic carbocycles. The van der Waals surface area contributed by atoms with E-state index < -0.39 is 24.4 Å². The summed E-state index contributed by atoms with van der Waals surface area (Å²) in [5.74, 6) is -1.97. The molecule has 1 aromatic heterocycles. The Hall–Kier alpha value is -3.39. The van der Waals surface area contributed by atoms with Crippen molar-refractivity contribution in [3.63, 3.8) is 0 Å². The van der Waals surface area contributed by atoms with Gasteiger partial charge in [-0.25, -0.2) is 4.79 Å². The lowest BCUT2D eigenvalue weighted by Crippen LogP contribution is -2.43. The van der Waals surface area contributed by atoms with Gasteiger partial charge in [0, 0.05) is 16.0 Å². The van der Waals surface area contributed by atoms with Gasteiger partial charge >= 0.3 is 5.97 Å². The van der Waals surface area contributed by atoms with Crippen LogP contribution in [-0.2, 0) is 9.53 Å². The molecule has 0 spiro atoms. The number of carbonyl (C=O) groups excluding carboxylic acids is 3. The van der Waals surface area contributed by atoms with Gasteiger partial charge in [-0.05, 0) is 30.3 Å². The molecule has 132 valence electrons. The third kappa shape index (κ3) is 3.98. The van der Waals surface area contributed by atoms with Gasteiger partial charge in [0.15, 0.2) is 12.3 Å². The number of H-pyrrole nitrogens is 1. The lowest BCUT2D eigenvalue weighted by Gasteiger charge is -2.07. The van der Waals surface area contributed by atoms with E-state index in [0.29, 0.717) is 21.5 Å². The van der Waals surface area contributed by atoms with Crippen LogP contribution in [0.2, 0.25) is 5.02 Å². The number of esters is 1. The van der Waals surface area contributed by atoms with E-state index in [9.17, 15) is 14.4 Å². The van der Waals surface area contributed by atoms with E-state index in [-0.39, 0.29) is 5.69 Å². The van der Waals surface area contributed by atoms with Crippen molar-refractivity contribution in [3.8, 4) is 0 Å². The molecule has 8 nitrogen and oxygen atoms in total. The van der Waals surface area contributed by atoms with Gasteiger partial charge in [-0.3, -0.25) is 25.5 Å². The van der Waals surface area contributed by atoms with Gasteiger partial charge in [0.25, 0.3) is 11.8 Å². The number of nitrogens with one attached hydrogen (secondary N) is 3. The molecule has 0 saturated carbocycles. The van der Waals surface area contributed by atoms with Crippen LogP contribution >= 0.6 is 11.6 Å². The summed E-state index contributed by atoms with van der Waals surface area (Å²) in [6, 6.07) is 13.1. The van der Waals surface area contributed by atoms with Crippen LogP contribution in [0.1, 0.15) is 20.8 Å². The molecule has 0 unspecified atom stereocenters. The molecule has 0 aliphatic carbocycles. The Balaban J connectivity index is 1.50. The van der Waals surface area contributed by atoms with Gasteiger partial charge in [-0.2, -0.15) is 5.10 Å². The zero-order valence-corrected chi connectivity index (χ0v) is 14.0. The Morgan fingerprint density at radius 1 is 1.04 bits per heavy atom. The summed E-state index contributed by atoms with van der Waals surface area (Å²) in [7, 11) is 0. The minimum Gasteiger partial charge on any atom is -0.451 e.